The third kappa shape index (κ3) is 6.68. The van der Waals surface area contributed by atoms with Gasteiger partial charge in [-0.2, -0.15) is 0 Å². The SMILES string of the molecule is CCOC(=O)c1cc(C(=O)C=Cc2ccc(C(=O)OC(C)(C)C)cc2)cc(C)n1. The molecular weight excluding hydrogens is 370 g/mol. The lowest BCUT2D eigenvalue weighted by Gasteiger charge is -2.19. The summed E-state index contributed by atoms with van der Waals surface area (Å²) in [6, 6.07) is 9.78. The fraction of sp³-hybridized carbons (Fsp3) is 0.304. The number of ether oxygens (including phenoxy) is 2. The summed E-state index contributed by atoms with van der Waals surface area (Å²) in [5, 5.41) is 0. The van der Waals surface area contributed by atoms with Gasteiger partial charge in [-0.05, 0) is 70.5 Å². The van der Waals surface area contributed by atoms with Gasteiger partial charge in [0.05, 0.1) is 12.2 Å². The Hall–Kier alpha value is -3.28. The summed E-state index contributed by atoms with van der Waals surface area (Å²) in [4.78, 5) is 40.5. The van der Waals surface area contributed by atoms with E-state index >= 15 is 0 Å². The third-order valence-electron chi connectivity index (χ3n) is 3.69. The van der Waals surface area contributed by atoms with Crippen LogP contribution in [0.4, 0.5) is 0 Å². The number of rotatable bonds is 6. The number of carbonyl (C=O) groups is 3. The second-order valence-corrected chi connectivity index (χ2v) is 7.42. The Morgan fingerprint density at radius 2 is 1.66 bits per heavy atom. The second-order valence-electron chi connectivity index (χ2n) is 7.42. The van der Waals surface area contributed by atoms with Crippen molar-refractivity contribution in [2.45, 2.75) is 40.2 Å². The topological polar surface area (TPSA) is 82.6 Å². The predicted octanol–water partition coefficient (Wildman–Crippen LogP) is 4.42. The van der Waals surface area contributed by atoms with E-state index in [-0.39, 0.29) is 18.1 Å². The summed E-state index contributed by atoms with van der Waals surface area (Å²) < 4.78 is 10.3. The van der Waals surface area contributed by atoms with E-state index in [4.69, 9.17) is 9.47 Å². The lowest BCUT2D eigenvalue weighted by atomic mass is 10.1. The largest absolute Gasteiger partial charge is 0.461 e. The van der Waals surface area contributed by atoms with Gasteiger partial charge in [-0.15, -0.1) is 0 Å². The Labute approximate surface area is 170 Å². The lowest BCUT2D eigenvalue weighted by molar-refractivity contribution is 0.00692. The average Bonchev–Trinajstić information content (AvgIpc) is 2.64. The monoisotopic (exact) mass is 395 g/mol. The highest BCUT2D eigenvalue weighted by molar-refractivity contribution is 6.07. The van der Waals surface area contributed by atoms with E-state index < -0.39 is 17.5 Å². The van der Waals surface area contributed by atoms with Crippen LogP contribution in [-0.4, -0.2) is 34.9 Å². The van der Waals surface area contributed by atoms with Crippen LogP contribution in [0.15, 0.2) is 42.5 Å². The molecule has 0 aliphatic heterocycles. The number of carbonyl (C=O) groups excluding carboxylic acids is 3. The molecule has 6 heteroatoms. The van der Waals surface area contributed by atoms with Crippen molar-refractivity contribution in [2.75, 3.05) is 6.61 Å². The number of hydrogen-bond acceptors (Lipinski definition) is 6. The second kappa shape index (κ2) is 9.28. The Kier molecular flexibility index (Phi) is 7.04. The zero-order chi connectivity index (χ0) is 21.6. The first-order valence-corrected chi connectivity index (χ1v) is 9.30. The molecule has 0 unspecified atom stereocenters. The molecular formula is C23H25NO5. The van der Waals surface area contributed by atoms with Crippen LogP contribution in [-0.2, 0) is 9.47 Å². The molecule has 1 heterocycles. The van der Waals surface area contributed by atoms with Crippen molar-refractivity contribution in [3.8, 4) is 0 Å². The number of aryl methyl sites for hydroxylation is 1. The van der Waals surface area contributed by atoms with Gasteiger partial charge < -0.3 is 9.47 Å². The number of nitrogens with zero attached hydrogens (tertiary/aromatic N) is 1. The van der Waals surface area contributed by atoms with Crippen LogP contribution < -0.4 is 0 Å². The zero-order valence-corrected chi connectivity index (χ0v) is 17.3. The van der Waals surface area contributed by atoms with Crippen molar-refractivity contribution < 1.29 is 23.9 Å². The van der Waals surface area contributed by atoms with Gasteiger partial charge in [-0.3, -0.25) is 4.79 Å². The van der Waals surface area contributed by atoms with Gasteiger partial charge in [0.2, 0.25) is 0 Å². The van der Waals surface area contributed by atoms with Crippen molar-refractivity contribution >= 4 is 23.8 Å². The quantitative estimate of drug-likeness (QED) is 0.409. The smallest absolute Gasteiger partial charge is 0.356 e. The van der Waals surface area contributed by atoms with Crippen LogP contribution in [0, 0.1) is 6.92 Å². The van der Waals surface area contributed by atoms with E-state index in [0.717, 1.165) is 5.56 Å². The number of benzene rings is 1. The Bertz CT molecular complexity index is 937. The first kappa shape index (κ1) is 22.0. The fourth-order valence-corrected chi connectivity index (χ4v) is 2.46. The first-order valence-electron chi connectivity index (χ1n) is 9.30. The number of aromatic nitrogens is 1. The Balaban J connectivity index is 2.13. The average molecular weight is 395 g/mol. The predicted molar refractivity (Wildman–Crippen MR) is 110 cm³/mol. The first-order chi connectivity index (χ1) is 13.6. The Morgan fingerprint density at radius 1 is 1.00 bits per heavy atom. The highest BCUT2D eigenvalue weighted by atomic mass is 16.6. The normalized spacial score (nSPS) is 11.3. The number of ketones is 1. The summed E-state index contributed by atoms with van der Waals surface area (Å²) in [5.74, 6) is -1.23. The molecule has 29 heavy (non-hydrogen) atoms. The summed E-state index contributed by atoms with van der Waals surface area (Å²) in [7, 11) is 0. The molecule has 0 atom stereocenters. The van der Waals surface area contributed by atoms with Crippen molar-refractivity contribution in [2.24, 2.45) is 0 Å². The zero-order valence-electron chi connectivity index (χ0n) is 17.3. The molecule has 6 nitrogen and oxygen atoms in total. The molecule has 0 saturated carbocycles. The standard InChI is InChI=1S/C23H25NO5/c1-6-28-22(27)19-14-18(13-15(2)24-19)20(25)12-9-16-7-10-17(11-8-16)21(26)29-23(3,4)5/h7-14H,6H2,1-5H3. The summed E-state index contributed by atoms with van der Waals surface area (Å²) in [6.45, 7) is 9.07. The van der Waals surface area contributed by atoms with Crippen molar-refractivity contribution in [3.05, 3.63) is 70.6 Å². The highest BCUT2D eigenvalue weighted by Gasteiger charge is 2.17. The van der Waals surface area contributed by atoms with Crippen molar-refractivity contribution in [3.63, 3.8) is 0 Å². The summed E-state index contributed by atoms with van der Waals surface area (Å²) >= 11 is 0. The van der Waals surface area contributed by atoms with Crippen LogP contribution in [0.3, 0.4) is 0 Å². The van der Waals surface area contributed by atoms with Gasteiger partial charge >= 0.3 is 11.9 Å². The Morgan fingerprint density at radius 3 is 2.24 bits per heavy atom. The van der Waals surface area contributed by atoms with Crippen LogP contribution in [0.2, 0.25) is 0 Å². The van der Waals surface area contributed by atoms with Gasteiger partial charge in [0.15, 0.2) is 5.78 Å². The van der Waals surface area contributed by atoms with Gasteiger partial charge in [-0.25, -0.2) is 14.6 Å². The minimum absolute atomic E-state index is 0.102. The fourth-order valence-electron chi connectivity index (χ4n) is 2.46. The summed E-state index contributed by atoms with van der Waals surface area (Å²) in [6.07, 6.45) is 3.05. The van der Waals surface area contributed by atoms with Gasteiger partial charge in [0.1, 0.15) is 11.3 Å². The molecule has 152 valence electrons. The molecule has 0 aliphatic rings. The molecule has 2 rings (SSSR count). The molecule has 0 fully saturated rings. The van der Waals surface area contributed by atoms with Crippen molar-refractivity contribution in [1.29, 1.82) is 0 Å². The van der Waals surface area contributed by atoms with Gasteiger partial charge in [0.25, 0.3) is 0 Å². The van der Waals surface area contributed by atoms with Crippen molar-refractivity contribution in [1.82, 2.24) is 4.98 Å². The van der Waals surface area contributed by atoms with Crippen LogP contribution in [0.1, 0.15) is 70.2 Å². The van der Waals surface area contributed by atoms with Gasteiger partial charge in [0, 0.05) is 11.3 Å². The molecule has 0 aliphatic carbocycles. The lowest BCUT2D eigenvalue weighted by Crippen LogP contribution is -2.23. The van der Waals surface area contributed by atoms with Crippen LogP contribution in [0.25, 0.3) is 6.08 Å². The van der Waals surface area contributed by atoms with Crippen LogP contribution in [0.5, 0.6) is 0 Å². The highest BCUT2D eigenvalue weighted by Crippen LogP contribution is 2.14. The molecule has 0 amide bonds. The van der Waals surface area contributed by atoms with E-state index in [1.165, 1.54) is 12.1 Å². The molecule has 1 aromatic carbocycles. The van der Waals surface area contributed by atoms with E-state index in [0.29, 0.717) is 16.8 Å². The molecule has 0 spiro atoms. The van der Waals surface area contributed by atoms with E-state index in [1.54, 1.807) is 50.3 Å². The minimum atomic E-state index is -0.563. The number of pyridine rings is 1. The number of esters is 2. The molecule has 2 aromatic rings. The number of allylic oxidation sites excluding steroid dienone is 1. The molecule has 1 aromatic heterocycles. The molecule has 0 radical (unpaired) electrons. The maximum absolute atomic E-state index is 12.5. The van der Waals surface area contributed by atoms with Gasteiger partial charge in [-0.1, -0.05) is 18.2 Å². The van der Waals surface area contributed by atoms with E-state index in [1.807, 2.05) is 20.8 Å². The molecule has 0 saturated heterocycles. The van der Waals surface area contributed by atoms with Crippen LogP contribution >= 0.6 is 0 Å². The van der Waals surface area contributed by atoms with E-state index in [9.17, 15) is 14.4 Å². The molecule has 0 N–H and O–H groups in total. The number of hydrogen-bond donors (Lipinski definition) is 0. The van der Waals surface area contributed by atoms with E-state index in [2.05, 4.69) is 4.98 Å². The maximum Gasteiger partial charge on any atom is 0.356 e. The minimum Gasteiger partial charge on any atom is -0.461 e. The third-order valence-corrected chi connectivity index (χ3v) is 3.69. The maximum atomic E-state index is 12.5. The summed E-state index contributed by atoms with van der Waals surface area (Å²) in [5.41, 5.74) is 1.63. The molecule has 0 bridgehead atoms.